The summed E-state index contributed by atoms with van der Waals surface area (Å²) in [5.41, 5.74) is 0. The number of hydrogen-bond acceptors (Lipinski definition) is 4. The Balaban J connectivity index is 4.55. The summed E-state index contributed by atoms with van der Waals surface area (Å²) in [6.07, 6.45) is -6.21. The van der Waals surface area contributed by atoms with Gasteiger partial charge in [-0.15, -0.1) is 0 Å². The minimum Gasteiger partial charge on any atom is -0.380 e. The Kier molecular flexibility index (Phi) is 5.80. The van der Waals surface area contributed by atoms with Crippen LogP contribution in [0.2, 0.25) is 0 Å². The lowest BCUT2D eigenvalue weighted by Crippen LogP contribution is -2.21. The van der Waals surface area contributed by atoms with Crippen LogP contribution in [0.1, 0.15) is 20.3 Å². The third kappa shape index (κ3) is 5.51. The van der Waals surface area contributed by atoms with Gasteiger partial charge in [0.2, 0.25) is 0 Å². The highest BCUT2D eigenvalue weighted by Gasteiger charge is 2.42. The van der Waals surface area contributed by atoms with Gasteiger partial charge in [0.1, 0.15) is 0 Å². The van der Waals surface area contributed by atoms with Gasteiger partial charge in [0, 0.05) is 0 Å². The van der Waals surface area contributed by atoms with E-state index in [4.69, 9.17) is 5.11 Å². The summed E-state index contributed by atoms with van der Waals surface area (Å²) in [6.45, 7) is 2.72. The van der Waals surface area contributed by atoms with Gasteiger partial charge in [0.25, 0.3) is 0 Å². The standard InChI is InChI=1S/C7H14F3O4P/c1-3-13-15(12,14-4-2)6(11)5-7(8,9)10/h6,11H,3-5H2,1-2H3/t6-/m1/s1. The molecule has 0 aliphatic heterocycles. The quantitative estimate of drug-likeness (QED) is 0.736. The average molecular weight is 250 g/mol. The van der Waals surface area contributed by atoms with Crippen LogP contribution >= 0.6 is 7.60 Å². The number of rotatable bonds is 6. The zero-order valence-electron chi connectivity index (χ0n) is 8.45. The van der Waals surface area contributed by atoms with Gasteiger partial charge in [-0.05, 0) is 13.8 Å². The zero-order valence-corrected chi connectivity index (χ0v) is 9.35. The van der Waals surface area contributed by atoms with E-state index in [2.05, 4.69) is 9.05 Å². The lowest BCUT2D eigenvalue weighted by Gasteiger charge is -2.22. The van der Waals surface area contributed by atoms with Crippen LogP contribution in [0.25, 0.3) is 0 Å². The van der Waals surface area contributed by atoms with Crippen LogP contribution in [0.15, 0.2) is 0 Å². The first kappa shape index (κ1) is 14.9. The van der Waals surface area contributed by atoms with Crippen LogP contribution in [0.4, 0.5) is 13.2 Å². The molecule has 0 aromatic carbocycles. The lowest BCUT2D eigenvalue weighted by atomic mass is 10.4. The van der Waals surface area contributed by atoms with Gasteiger partial charge in [-0.1, -0.05) is 0 Å². The molecule has 0 aromatic rings. The van der Waals surface area contributed by atoms with Crippen molar-refractivity contribution in [2.75, 3.05) is 13.2 Å². The van der Waals surface area contributed by atoms with Gasteiger partial charge in [-0.3, -0.25) is 4.57 Å². The molecule has 0 radical (unpaired) electrons. The topological polar surface area (TPSA) is 55.8 Å². The van der Waals surface area contributed by atoms with E-state index < -0.39 is 26.0 Å². The van der Waals surface area contributed by atoms with E-state index in [9.17, 15) is 17.7 Å². The van der Waals surface area contributed by atoms with Gasteiger partial charge in [-0.25, -0.2) is 0 Å². The summed E-state index contributed by atoms with van der Waals surface area (Å²) < 4.78 is 56.5. The van der Waals surface area contributed by atoms with Crippen molar-refractivity contribution in [2.24, 2.45) is 0 Å². The van der Waals surface area contributed by atoms with Crippen molar-refractivity contribution in [1.29, 1.82) is 0 Å². The monoisotopic (exact) mass is 250 g/mol. The van der Waals surface area contributed by atoms with E-state index in [1.165, 1.54) is 13.8 Å². The van der Waals surface area contributed by atoms with Crippen molar-refractivity contribution in [2.45, 2.75) is 32.3 Å². The fourth-order valence-electron chi connectivity index (χ4n) is 0.888. The second-order valence-corrected chi connectivity index (χ2v) is 4.87. The molecule has 0 saturated carbocycles. The molecule has 0 fully saturated rings. The largest absolute Gasteiger partial charge is 0.392 e. The molecule has 0 saturated heterocycles. The van der Waals surface area contributed by atoms with Gasteiger partial charge >= 0.3 is 13.8 Å². The van der Waals surface area contributed by atoms with E-state index in [0.29, 0.717) is 0 Å². The summed E-state index contributed by atoms with van der Waals surface area (Å²) in [7, 11) is -4.07. The molecule has 0 aliphatic carbocycles. The summed E-state index contributed by atoms with van der Waals surface area (Å²) in [4.78, 5) is 0. The summed E-state index contributed by atoms with van der Waals surface area (Å²) in [5.74, 6) is -2.17. The lowest BCUT2D eigenvalue weighted by molar-refractivity contribution is -0.147. The Morgan fingerprint density at radius 2 is 1.67 bits per heavy atom. The molecule has 92 valence electrons. The molecule has 0 aromatic heterocycles. The smallest absolute Gasteiger partial charge is 0.380 e. The summed E-state index contributed by atoms with van der Waals surface area (Å²) in [6, 6.07) is 0. The first-order valence-corrected chi connectivity index (χ1v) is 6.00. The molecule has 8 heteroatoms. The molecule has 0 amide bonds. The maximum Gasteiger partial charge on any atom is 0.392 e. The Bertz CT molecular complexity index is 221. The highest BCUT2D eigenvalue weighted by Crippen LogP contribution is 2.54. The van der Waals surface area contributed by atoms with Crippen LogP contribution in [0.3, 0.4) is 0 Å². The summed E-state index contributed by atoms with van der Waals surface area (Å²) >= 11 is 0. The fraction of sp³-hybridized carbons (Fsp3) is 1.00. The predicted octanol–water partition coefficient (Wildman–Crippen LogP) is 2.52. The SMILES string of the molecule is CCOP(=O)(OCC)[C@@H](O)CC(F)(F)F. The van der Waals surface area contributed by atoms with E-state index in [1.54, 1.807) is 0 Å². The molecule has 4 nitrogen and oxygen atoms in total. The molecule has 1 atom stereocenters. The first-order chi connectivity index (χ1) is 6.75. The molecule has 1 N–H and O–H groups in total. The van der Waals surface area contributed by atoms with Crippen LogP contribution < -0.4 is 0 Å². The molecule has 0 heterocycles. The van der Waals surface area contributed by atoms with Crippen molar-refractivity contribution in [3.63, 3.8) is 0 Å². The maximum atomic E-state index is 11.9. The normalized spacial score (nSPS) is 15.3. The Hall–Kier alpha value is -0.100. The van der Waals surface area contributed by atoms with Gasteiger partial charge in [0.15, 0.2) is 5.85 Å². The minimum atomic E-state index is -4.61. The number of aliphatic hydroxyl groups excluding tert-OH is 1. The number of halogens is 3. The van der Waals surface area contributed by atoms with Gasteiger partial charge < -0.3 is 14.2 Å². The molecule has 0 rings (SSSR count). The zero-order chi connectivity index (χ0) is 12.1. The van der Waals surface area contributed by atoms with Crippen molar-refractivity contribution < 1.29 is 31.9 Å². The second-order valence-electron chi connectivity index (χ2n) is 2.68. The average Bonchev–Trinajstić information content (AvgIpc) is 2.01. The first-order valence-electron chi connectivity index (χ1n) is 4.38. The van der Waals surface area contributed by atoms with E-state index >= 15 is 0 Å². The molecule has 0 spiro atoms. The van der Waals surface area contributed by atoms with Crippen LogP contribution in [-0.2, 0) is 13.6 Å². The highest BCUT2D eigenvalue weighted by molar-refractivity contribution is 7.54. The Labute approximate surface area is 85.9 Å². The number of hydrogen-bond donors (Lipinski definition) is 1. The van der Waals surface area contributed by atoms with E-state index in [1.807, 2.05) is 0 Å². The Morgan fingerprint density at radius 1 is 1.27 bits per heavy atom. The highest BCUT2D eigenvalue weighted by atomic mass is 31.2. The van der Waals surface area contributed by atoms with Crippen molar-refractivity contribution in [1.82, 2.24) is 0 Å². The third-order valence-corrected chi connectivity index (χ3v) is 3.55. The van der Waals surface area contributed by atoms with Crippen LogP contribution in [0, 0.1) is 0 Å². The van der Waals surface area contributed by atoms with Crippen molar-refractivity contribution in [3.05, 3.63) is 0 Å². The summed E-state index contributed by atoms with van der Waals surface area (Å²) in [5, 5.41) is 9.13. The van der Waals surface area contributed by atoms with Gasteiger partial charge in [-0.2, -0.15) is 13.2 Å². The number of aliphatic hydroxyl groups is 1. The van der Waals surface area contributed by atoms with Crippen LogP contribution in [-0.4, -0.2) is 30.3 Å². The predicted molar refractivity (Wildman–Crippen MR) is 47.5 cm³/mol. The van der Waals surface area contributed by atoms with Gasteiger partial charge in [0.05, 0.1) is 19.6 Å². The molecular weight excluding hydrogens is 236 g/mol. The fourth-order valence-corrected chi connectivity index (χ4v) is 2.46. The molecule has 0 aliphatic rings. The molecule has 0 unspecified atom stereocenters. The minimum absolute atomic E-state index is 0.0911. The molecular formula is C7H14F3O4P. The molecule has 15 heavy (non-hydrogen) atoms. The number of alkyl halides is 3. The Morgan fingerprint density at radius 3 is 1.93 bits per heavy atom. The van der Waals surface area contributed by atoms with E-state index in [0.717, 1.165) is 0 Å². The third-order valence-electron chi connectivity index (χ3n) is 1.40. The van der Waals surface area contributed by atoms with E-state index in [-0.39, 0.29) is 13.2 Å². The second kappa shape index (κ2) is 5.84. The van der Waals surface area contributed by atoms with Crippen LogP contribution in [0.5, 0.6) is 0 Å². The molecule has 0 bridgehead atoms. The maximum absolute atomic E-state index is 11.9. The van der Waals surface area contributed by atoms with Crippen molar-refractivity contribution in [3.8, 4) is 0 Å². The van der Waals surface area contributed by atoms with Crippen molar-refractivity contribution >= 4 is 7.60 Å².